The number of ether oxygens (including phenoxy) is 2. The van der Waals surface area contributed by atoms with Crippen LogP contribution in [0.1, 0.15) is 49.9 Å². The average Bonchev–Trinajstić information content (AvgIpc) is 3.17. The number of aliphatic hydroxyl groups excluding tert-OH is 1. The van der Waals surface area contributed by atoms with E-state index in [2.05, 4.69) is 31.2 Å². The number of hydrogen-bond acceptors (Lipinski definition) is 9. The number of aromatic nitrogens is 2. The maximum Gasteiger partial charge on any atom is 0.408 e. The van der Waals surface area contributed by atoms with Crippen molar-refractivity contribution in [2.45, 2.75) is 84.0 Å². The largest absolute Gasteiger partial charge is 0.445 e. The molecule has 13 heteroatoms. The van der Waals surface area contributed by atoms with Gasteiger partial charge in [0.1, 0.15) is 25.3 Å². The molecule has 4 rings (SSSR count). The Balaban J connectivity index is 1.54. The Morgan fingerprint density at radius 1 is 0.537 bits per heavy atom. The minimum atomic E-state index is -1.32. The first-order valence-corrected chi connectivity index (χ1v) is 18.0. The van der Waals surface area contributed by atoms with Crippen LogP contribution in [0.15, 0.2) is 110 Å². The van der Waals surface area contributed by atoms with Gasteiger partial charge in [-0.1, -0.05) is 88.4 Å². The summed E-state index contributed by atoms with van der Waals surface area (Å²) in [6, 6.07) is 21.7. The Kier molecular flexibility index (Phi) is 15.9. The third-order valence-corrected chi connectivity index (χ3v) is 8.76. The first-order chi connectivity index (χ1) is 26.0. The molecule has 13 nitrogen and oxygen atoms in total. The summed E-state index contributed by atoms with van der Waals surface area (Å²) >= 11 is 0. The fourth-order valence-corrected chi connectivity index (χ4v) is 5.74. The van der Waals surface area contributed by atoms with Crippen molar-refractivity contribution in [1.29, 1.82) is 0 Å². The molecule has 0 aliphatic rings. The van der Waals surface area contributed by atoms with Crippen LogP contribution in [-0.2, 0) is 45.1 Å². The van der Waals surface area contributed by atoms with Crippen LogP contribution in [0.25, 0.3) is 0 Å². The van der Waals surface area contributed by atoms with Gasteiger partial charge < -0.3 is 35.8 Å². The Morgan fingerprint density at radius 3 is 1.22 bits per heavy atom. The number of pyridine rings is 2. The van der Waals surface area contributed by atoms with Gasteiger partial charge in [0.2, 0.25) is 11.8 Å². The molecule has 0 aliphatic carbocycles. The number of amides is 4. The molecule has 2 aromatic carbocycles. The van der Waals surface area contributed by atoms with Crippen molar-refractivity contribution < 1.29 is 33.8 Å². The lowest BCUT2D eigenvalue weighted by atomic mass is 9.91. The molecule has 4 amide bonds. The average molecular weight is 739 g/mol. The van der Waals surface area contributed by atoms with Crippen LogP contribution in [-0.4, -0.2) is 69.3 Å². The number of rotatable bonds is 18. The van der Waals surface area contributed by atoms with E-state index < -0.39 is 54.3 Å². The topological polar surface area (TPSA) is 181 Å². The highest BCUT2D eigenvalue weighted by atomic mass is 16.6. The van der Waals surface area contributed by atoms with Gasteiger partial charge in [-0.05, 0) is 71.2 Å². The lowest BCUT2D eigenvalue weighted by molar-refractivity contribution is -0.126. The van der Waals surface area contributed by atoms with Gasteiger partial charge in [0.05, 0.1) is 18.2 Å². The first-order valence-electron chi connectivity index (χ1n) is 18.0. The van der Waals surface area contributed by atoms with E-state index >= 15 is 0 Å². The molecular formula is C41H50N6O7. The fraction of sp³-hybridized carbons (Fsp3) is 0.366. The van der Waals surface area contributed by atoms with Crippen LogP contribution in [0, 0.1) is 11.8 Å². The second kappa shape index (κ2) is 21.0. The zero-order valence-corrected chi connectivity index (χ0v) is 31.1. The third kappa shape index (κ3) is 13.3. The normalized spacial score (nSPS) is 13.8. The van der Waals surface area contributed by atoms with Gasteiger partial charge in [-0.25, -0.2) is 9.59 Å². The second-order valence-electron chi connectivity index (χ2n) is 13.7. The Morgan fingerprint density at radius 2 is 0.889 bits per heavy atom. The standard InChI is InChI=1S/C41H50N6O7/c1-27(2)35(46-40(51)53-25-31-15-19-42-20-16-31)38(49)44-33(23-29-11-7-5-8-12-29)37(48)34(24-30-13-9-6-10-14-30)45-39(50)36(28(3)4)47-41(52)54-26-32-17-21-43-22-18-32/h5-22,27-28,33-37,48H,23-26H2,1-4H3,(H,44,49)(H,45,50)(H,46,51)(H,47,52)/t33?,34?,35-,36-,37?/m0/s1. The molecule has 0 radical (unpaired) electrons. The van der Waals surface area contributed by atoms with Gasteiger partial charge in [-0.3, -0.25) is 19.6 Å². The van der Waals surface area contributed by atoms with E-state index in [4.69, 9.17) is 9.47 Å². The summed E-state index contributed by atoms with van der Waals surface area (Å²) in [5.41, 5.74) is 3.13. The van der Waals surface area contributed by atoms with Crippen LogP contribution in [0.3, 0.4) is 0 Å². The number of nitrogens with zero attached hydrogens (tertiary/aromatic N) is 2. The molecule has 54 heavy (non-hydrogen) atoms. The third-order valence-electron chi connectivity index (χ3n) is 8.76. The lowest BCUT2D eigenvalue weighted by Gasteiger charge is -2.34. The van der Waals surface area contributed by atoms with E-state index in [9.17, 15) is 24.3 Å². The molecule has 0 bridgehead atoms. The van der Waals surface area contributed by atoms with E-state index in [0.29, 0.717) is 0 Å². The molecule has 2 heterocycles. The fourth-order valence-electron chi connectivity index (χ4n) is 5.74. The van der Waals surface area contributed by atoms with E-state index in [0.717, 1.165) is 22.3 Å². The highest BCUT2D eigenvalue weighted by Crippen LogP contribution is 2.16. The van der Waals surface area contributed by atoms with E-state index in [1.54, 1.807) is 76.7 Å². The Labute approximate surface area is 316 Å². The van der Waals surface area contributed by atoms with Crippen molar-refractivity contribution in [2.24, 2.45) is 11.8 Å². The monoisotopic (exact) mass is 738 g/mol. The van der Waals surface area contributed by atoms with Crippen molar-refractivity contribution in [1.82, 2.24) is 31.2 Å². The number of aliphatic hydroxyl groups is 1. The SMILES string of the molecule is CC(C)[C@H](NC(=O)OCc1ccncc1)C(=O)NC(Cc1ccccc1)C(O)C(Cc1ccccc1)NC(=O)[C@@H](NC(=O)OCc1ccncc1)C(C)C. The Hall–Kier alpha value is -5.82. The maximum atomic E-state index is 13.9. The molecule has 4 aromatic rings. The van der Waals surface area contributed by atoms with Crippen molar-refractivity contribution in [3.8, 4) is 0 Å². The lowest BCUT2D eigenvalue weighted by Crippen LogP contribution is -2.61. The molecule has 2 aromatic heterocycles. The molecule has 286 valence electrons. The summed E-state index contributed by atoms with van der Waals surface area (Å²) in [6.07, 6.45) is 3.90. The number of carbonyl (C=O) groups is 4. The summed E-state index contributed by atoms with van der Waals surface area (Å²) in [4.78, 5) is 61.4. The number of hydrogen-bond donors (Lipinski definition) is 5. The highest BCUT2D eigenvalue weighted by Gasteiger charge is 2.35. The van der Waals surface area contributed by atoms with E-state index in [-0.39, 0.29) is 37.9 Å². The minimum Gasteiger partial charge on any atom is -0.445 e. The summed E-state index contributed by atoms with van der Waals surface area (Å²) in [5, 5.41) is 23.4. The minimum absolute atomic E-state index is 0.00825. The van der Waals surface area contributed by atoms with E-state index in [1.165, 1.54) is 0 Å². The molecular weight excluding hydrogens is 688 g/mol. The zero-order valence-electron chi connectivity index (χ0n) is 31.1. The van der Waals surface area contributed by atoms with Crippen LogP contribution in [0.2, 0.25) is 0 Å². The zero-order chi connectivity index (χ0) is 38.9. The molecule has 4 atom stereocenters. The smallest absolute Gasteiger partial charge is 0.408 e. The van der Waals surface area contributed by atoms with Crippen molar-refractivity contribution in [3.05, 3.63) is 132 Å². The molecule has 2 unspecified atom stereocenters. The molecule has 0 saturated heterocycles. The van der Waals surface area contributed by atoms with Crippen molar-refractivity contribution >= 4 is 24.0 Å². The van der Waals surface area contributed by atoms with Crippen molar-refractivity contribution in [3.63, 3.8) is 0 Å². The summed E-state index contributed by atoms with van der Waals surface area (Å²) in [7, 11) is 0. The van der Waals surface area contributed by atoms with Gasteiger partial charge in [-0.15, -0.1) is 0 Å². The molecule has 0 spiro atoms. The highest BCUT2D eigenvalue weighted by molar-refractivity contribution is 5.87. The van der Waals surface area contributed by atoms with Gasteiger partial charge in [0.15, 0.2) is 0 Å². The predicted octanol–water partition coefficient (Wildman–Crippen LogP) is 4.49. The van der Waals surface area contributed by atoms with Crippen molar-refractivity contribution in [2.75, 3.05) is 0 Å². The first kappa shape index (κ1) is 40.9. The molecule has 5 N–H and O–H groups in total. The van der Waals surface area contributed by atoms with Crippen LogP contribution in [0.4, 0.5) is 9.59 Å². The predicted molar refractivity (Wildman–Crippen MR) is 203 cm³/mol. The quantitative estimate of drug-likeness (QED) is 0.0983. The maximum absolute atomic E-state index is 13.9. The molecule has 0 fully saturated rings. The van der Waals surface area contributed by atoms with Gasteiger partial charge in [-0.2, -0.15) is 0 Å². The summed E-state index contributed by atoms with van der Waals surface area (Å²) in [5.74, 6) is -1.75. The summed E-state index contributed by atoms with van der Waals surface area (Å²) in [6.45, 7) is 7.13. The van der Waals surface area contributed by atoms with Crippen LogP contribution < -0.4 is 21.3 Å². The van der Waals surface area contributed by atoms with Gasteiger partial charge in [0, 0.05) is 24.8 Å². The summed E-state index contributed by atoms with van der Waals surface area (Å²) < 4.78 is 10.7. The van der Waals surface area contributed by atoms with E-state index in [1.807, 2.05) is 60.7 Å². The number of nitrogens with one attached hydrogen (secondary N) is 4. The molecule has 0 aliphatic heterocycles. The second-order valence-corrected chi connectivity index (χ2v) is 13.7. The Bertz CT molecular complexity index is 1620. The van der Waals surface area contributed by atoms with Gasteiger partial charge >= 0.3 is 12.2 Å². The van der Waals surface area contributed by atoms with Gasteiger partial charge in [0.25, 0.3) is 0 Å². The molecule has 0 saturated carbocycles. The van der Waals surface area contributed by atoms with Crippen LogP contribution in [0.5, 0.6) is 0 Å². The van der Waals surface area contributed by atoms with Crippen LogP contribution >= 0.6 is 0 Å². The number of alkyl carbamates (subject to hydrolysis) is 2. The number of carbonyl (C=O) groups excluding carboxylic acids is 4. The number of benzene rings is 2.